The zero-order chi connectivity index (χ0) is 12.9. The Hall–Kier alpha value is -1.96. The van der Waals surface area contributed by atoms with Crippen LogP contribution in [0.25, 0.3) is 0 Å². The van der Waals surface area contributed by atoms with Crippen LogP contribution in [0.4, 0.5) is 0 Å². The molecule has 0 aliphatic rings. The molecule has 0 aromatic rings. The van der Waals surface area contributed by atoms with Gasteiger partial charge in [-0.15, -0.1) is 0 Å². The number of nitrogens with zero attached hydrogens (tertiary/aromatic N) is 2. The fourth-order valence-corrected chi connectivity index (χ4v) is 0.957. The minimum absolute atomic E-state index is 0.806. The first-order valence-corrected chi connectivity index (χ1v) is 5.61. The van der Waals surface area contributed by atoms with Gasteiger partial charge in [-0.05, 0) is 39.0 Å². The van der Waals surface area contributed by atoms with Crippen LogP contribution >= 0.6 is 0 Å². The number of hydrogen-bond acceptors (Lipinski definition) is 2. The van der Waals surface area contributed by atoms with Crippen molar-refractivity contribution in [2.75, 3.05) is 0 Å². The predicted molar refractivity (Wildman–Crippen MR) is 75.7 cm³/mol. The highest BCUT2D eigenvalue weighted by molar-refractivity contribution is 5.24. The van der Waals surface area contributed by atoms with Gasteiger partial charge in [-0.3, -0.25) is 0 Å². The first kappa shape index (κ1) is 15.0. The quantitative estimate of drug-likeness (QED) is 0.445. The lowest BCUT2D eigenvalue weighted by molar-refractivity contribution is 1.12. The maximum absolute atomic E-state index is 4.17. The van der Waals surface area contributed by atoms with Crippen molar-refractivity contribution >= 4 is 0 Å². The molecule has 0 saturated carbocycles. The lowest BCUT2D eigenvalue weighted by atomic mass is 10.3. The van der Waals surface area contributed by atoms with E-state index in [1.54, 1.807) is 6.08 Å². The van der Waals surface area contributed by atoms with E-state index in [0.29, 0.717) is 0 Å². The SMILES string of the molecule is C=C\C=C/C(=C\C)/N=N/C(/C=C\C)=C/C=C/C. The van der Waals surface area contributed by atoms with Crippen LogP contribution in [0.15, 0.2) is 82.9 Å². The molecule has 0 N–H and O–H groups in total. The van der Waals surface area contributed by atoms with Crippen LogP contribution in [-0.2, 0) is 0 Å². The van der Waals surface area contributed by atoms with Gasteiger partial charge in [0.1, 0.15) is 0 Å². The van der Waals surface area contributed by atoms with E-state index in [1.165, 1.54) is 0 Å². The van der Waals surface area contributed by atoms with E-state index in [0.717, 1.165) is 11.4 Å². The van der Waals surface area contributed by atoms with Crippen molar-refractivity contribution in [1.82, 2.24) is 0 Å². The van der Waals surface area contributed by atoms with E-state index >= 15 is 0 Å². The van der Waals surface area contributed by atoms with E-state index in [4.69, 9.17) is 0 Å². The molecule has 0 heterocycles. The molecule has 0 aromatic carbocycles. The van der Waals surface area contributed by atoms with Crippen molar-refractivity contribution in [3.8, 4) is 0 Å². The molecule has 2 nitrogen and oxygen atoms in total. The summed E-state index contributed by atoms with van der Waals surface area (Å²) in [6.45, 7) is 9.45. The lowest BCUT2D eigenvalue weighted by Crippen LogP contribution is -1.73. The first-order chi connectivity index (χ1) is 8.28. The third-order valence-electron chi connectivity index (χ3n) is 1.78. The zero-order valence-electron chi connectivity index (χ0n) is 10.8. The molecule has 0 aliphatic carbocycles. The lowest BCUT2D eigenvalue weighted by Gasteiger charge is -1.92. The zero-order valence-corrected chi connectivity index (χ0v) is 10.8. The van der Waals surface area contributed by atoms with Gasteiger partial charge in [-0.2, -0.15) is 10.2 Å². The predicted octanol–water partition coefficient (Wildman–Crippen LogP) is 5.12. The summed E-state index contributed by atoms with van der Waals surface area (Å²) < 4.78 is 0. The fourth-order valence-electron chi connectivity index (χ4n) is 0.957. The molecule has 0 unspecified atom stereocenters. The molecule has 0 atom stereocenters. The Morgan fingerprint density at radius 3 is 2.12 bits per heavy atom. The van der Waals surface area contributed by atoms with Crippen molar-refractivity contribution in [3.63, 3.8) is 0 Å². The molecule has 0 rings (SSSR count). The van der Waals surface area contributed by atoms with E-state index < -0.39 is 0 Å². The normalized spacial score (nSPS) is 14.8. The smallest absolute Gasteiger partial charge is 0.0853 e. The summed E-state index contributed by atoms with van der Waals surface area (Å²) in [5.41, 5.74) is 1.62. The third-order valence-corrected chi connectivity index (χ3v) is 1.78. The summed E-state index contributed by atoms with van der Waals surface area (Å²) in [7, 11) is 0. The number of allylic oxidation sites excluding steroid dienone is 9. The van der Waals surface area contributed by atoms with Crippen LogP contribution in [0.1, 0.15) is 20.8 Å². The molecule has 0 saturated heterocycles. The van der Waals surface area contributed by atoms with Gasteiger partial charge in [0, 0.05) is 0 Å². The molecule has 0 fully saturated rings. The Morgan fingerprint density at radius 1 is 0.882 bits per heavy atom. The average Bonchev–Trinajstić information content (AvgIpc) is 2.35. The number of azo groups is 1. The van der Waals surface area contributed by atoms with Crippen LogP contribution < -0.4 is 0 Å². The molecular weight excluding hydrogens is 208 g/mol. The Balaban J connectivity index is 4.85. The van der Waals surface area contributed by atoms with Crippen LogP contribution in [-0.4, -0.2) is 0 Å². The highest BCUT2D eigenvalue weighted by Crippen LogP contribution is 2.06. The summed E-state index contributed by atoms with van der Waals surface area (Å²) in [5, 5.41) is 8.32. The molecule has 90 valence electrons. The Bertz CT molecular complexity index is 391. The Labute approximate surface area is 104 Å². The monoisotopic (exact) mass is 228 g/mol. The van der Waals surface area contributed by atoms with Crippen molar-refractivity contribution in [1.29, 1.82) is 0 Å². The molecule has 0 aliphatic heterocycles. The van der Waals surface area contributed by atoms with Crippen LogP contribution in [0.5, 0.6) is 0 Å². The van der Waals surface area contributed by atoms with E-state index in [2.05, 4.69) is 16.8 Å². The second kappa shape index (κ2) is 10.6. The van der Waals surface area contributed by atoms with Gasteiger partial charge in [-0.1, -0.05) is 43.0 Å². The molecule has 0 aromatic heterocycles. The van der Waals surface area contributed by atoms with Gasteiger partial charge in [-0.25, -0.2) is 0 Å². The fraction of sp³-hybridized carbons (Fsp3) is 0.200. The first-order valence-electron chi connectivity index (χ1n) is 5.61. The van der Waals surface area contributed by atoms with Crippen molar-refractivity contribution in [2.45, 2.75) is 20.8 Å². The van der Waals surface area contributed by atoms with Crippen molar-refractivity contribution < 1.29 is 0 Å². The summed E-state index contributed by atoms with van der Waals surface area (Å²) in [6.07, 6.45) is 16.9. The number of rotatable bonds is 6. The van der Waals surface area contributed by atoms with Gasteiger partial charge >= 0.3 is 0 Å². The van der Waals surface area contributed by atoms with Gasteiger partial charge in [0.25, 0.3) is 0 Å². The standard InChI is InChI=1S/C15H20N2/c1-5-9-12-14(8-4)16-17-15(11-7-3)13-10-6-2/h5-13H,1H2,2-4H3/b10-6+,11-7-,12-9-,14-8+,15-13+,17-16+. The summed E-state index contributed by atoms with van der Waals surface area (Å²) in [6, 6.07) is 0. The van der Waals surface area contributed by atoms with Gasteiger partial charge in [0.05, 0.1) is 11.4 Å². The maximum atomic E-state index is 4.17. The molecular formula is C15H20N2. The minimum atomic E-state index is 0.806. The van der Waals surface area contributed by atoms with Gasteiger partial charge in [0.15, 0.2) is 0 Å². The molecule has 0 bridgehead atoms. The van der Waals surface area contributed by atoms with Gasteiger partial charge < -0.3 is 0 Å². The van der Waals surface area contributed by atoms with Crippen LogP contribution in [0, 0.1) is 0 Å². The third kappa shape index (κ3) is 7.91. The largest absolute Gasteiger partial charge is 0.151 e. The van der Waals surface area contributed by atoms with E-state index in [1.807, 2.05) is 69.4 Å². The highest BCUT2D eigenvalue weighted by atomic mass is 15.1. The molecule has 0 amide bonds. The van der Waals surface area contributed by atoms with Crippen LogP contribution in [0.3, 0.4) is 0 Å². The number of hydrogen-bond donors (Lipinski definition) is 0. The highest BCUT2D eigenvalue weighted by Gasteiger charge is 1.88. The molecule has 2 heteroatoms. The minimum Gasteiger partial charge on any atom is -0.151 e. The van der Waals surface area contributed by atoms with Crippen LogP contribution in [0.2, 0.25) is 0 Å². The van der Waals surface area contributed by atoms with E-state index in [-0.39, 0.29) is 0 Å². The maximum Gasteiger partial charge on any atom is 0.0853 e. The van der Waals surface area contributed by atoms with E-state index in [9.17, 15) is 0 Å². The van der Waals surface area contributed by atoms with Crippen molar-refractivity contribution in [2.24, 2.45) is 10.2 Å². The second-order valence-electron chi connectivity index (χ2n) is 3.13. The van der Waals surface area contributed by atoms with Gasteiger partial charge in [0.2, 0.25) is 0 Å². The van der Waals surface area contributed by atoms with Crippen molar-refractivity contribution in [3.05, 3.63) is 72.7 Å². The Morgan fingerprint density at radius 2 is 1.59 bits per heavy atom. The summed E-state index contributed by atoms with van der Waals surface area (Å²) in [4.78, 5) is 0. The molecule has 17 heavy (non-hydrogen) atoms. The molecule has 0 radical (unpaired) electrons. The summed E-state index contributed by atoms with van der Waals surface area (Å²) in [5.74, 6) is 0. The summed E-state index contributed by atoms with van der Waals surface area (Å²) >= 11 is 0. The second-order valence-corrected chi connectivity index (χ2v) is 3.13. The molecule has 0 spiro atoms. The Kier molecular flexibility index (Phi) is 9.34. The average molecular weight is 228 g/mol. The topological polar surface area (TPSA) is 24.7 Å².